The monoisotopic (exact) mass is 321 g/mol. The second-order valence-electron chi connectivity index (χ2n) is 6.88. The van der Waals surface area contributed by atoms with Crippen LogP contribution in [0, 0.1) is 11.8 Å². The second kappa shape index (κ2) is 8.55. The molecule has 2 nitrogen and oxygen atoms in total. The highest BCUT2D eigenvalue weighted by Gasteiger charge is 2.13. The highest BCUT2D eigenvalue weighted by Crippen LogP contribution is 2.24. The van der Waals surface area contributed by atoms with Gasteiger partial charge in [0.2, 0.25) is 5.88 Å². The minimum absolute atomic E-state index is 0.260. The van der Waals surface area contributed by atoms with E-state index in [4.69, 9.17) is 4.74 Å². The molecular formula is C22H27NO. The number of unbranched alkanes of at least 4 members (excludes halogenated alkanes) is 3. The fourth-order valence-corrected chi connectivity index (χ4v) is 2.37. The second-order valence-corrected chi connectivity index (χ2v) is 6.88. The summed E-state index contributed by atoms with van der Waals surface area (Å²) in [6, 6.07) is 14.1. The molecular weight excluding hydrogens is 294 g/mol. The summed E-state index contributed by atoms with van der Waals surface area (Å²) in [6.07, 6.45) is 4.58. The summed E-state index contributed by atoms with van der Waals surface area (Å²) in [4.78, 5) is 4.66. The fourth-order valence-electron chi connectivity index (χ4n) is 2.37. The molecule has 24 heavy (non-hydrogen) atoms. The van der Waals surface area contributed by atoms with Crippen molar-refractivity contribution in [3.8, 4) is 29.0 Å². The molecule has 0 aliphatic rings. The molecule has 2 aromatic rings. The van der Waals surface area contributed by atoms with E-state index in [0.29, 0.717) is 5.88 Å². The molecule has 0 fully saturated rings. The molecule has 0 N–H and O–H groups in total. The molecule has 0 radical (unpaired) electrons. The molecule has 0 bridgehead atoms. The van der Waals surface area contributed by atoms with Crippen LogP contribution in [0.3, 0.4) is 0 Å². The summed E-state index contributed by atoms with van der Waals surface area (Å²) in [5.41, 5.74) is 2.72. The van der Waals surface area contributed by atoms with E-state index in [-0.39, 0.29) is 5.60 Å². The van der Waals surface area contributed by atoms with E-state index in [1.807, 2.05) is 51.1 Å². The third kappa shape index (κ3) is 5.74. The lowest BCUT2D eigenvalue weighted by Gasteiger charge is -2.20. The van der Waals surface area contributed by atoms with Crippen molar-refractivity contribution in [3.63, 3.8) is 0 Å². The van der Waals surface area contributed by atoms with Crippen molar-refractivity contribution in [2.75, 3.05) is 0 Å². The first kappa shape index (κ1) is 18.1. The van der Waals surface area contributed by atoms with Gasteiger partial charge in [-0.05, 0) is 39.3 Å². The van der Waals surface area contributed by atoms with Crippen LogP contribution >= 0.6 is 0 Å². The van der Waals surface area contributed by atoms with Crippen LogP contribution in [0.4, 0.5) is 0 Å². The Morgan fingerprint density at radius 1 is 1.00 bits per heavy atom. The third-order valence-corrected chi connectivity index (χ3v) is 3.47. The number of hydrogen-bond acceptors (Lipinski definition) is 2. The number of rotatable bonds is 5. The van der Waals surface area contributed by atoms with E-state index >= 15 is 0 Å². The number of pyridine rings is 1. The van der Waals surface area contributed by atoms with Crippen molar-refractivity contribution in [1.82, 2.24) is 4.98 Å². The predicted octanol–water partition coefficient (Wildman–Crippen LogP) is 5.86. The zero-order valence-electron chi connectivity index (χ0n) is 15.2. The summed E-state index contributed by atoms with van der Waals surface area (Å²) in [5, 5.41) is 0. The Morgan fingerprint density at radius 2 is 1.79 bits per heavy atom. The molecule has 1 aromatic carbocycles. The van der Waals surface area contributed by atoms with Gasteiger partial charge in [-0.3, -0.25) is 0 Å². The van der Waals surface area contributed by atoms with Gasteiger partial charge in [-0.15, -0.1) is 0 Å². The van der Waals surface area contributed by atoms with E-state index < -0.39 is 0 Å². The minimum atomic E-state index is -0.260. The van der Waals surface area contributed by atoms with Crippen LogP contribution in [0.2, 0.25) is 0 Å². The topological polar surface area (TPSA) is 22.1 Å². The van der Waals surface area contributed by atoms with Crippen molar-refractivity contribution in [3.05, 3.63) is 48.0 Å². The zero-order chi connectivity index (χ0) is 17.4. The maximum absolute atomic E-state index is 5.88. The normalized spacial score (nSPS) is 10.8. The summed E-state index contributed by atoms with van der Waals surface area (Å²) in [6.45, 7) is 8.28. The molecule has 0 saturated heterocycles. The van der Waals surface area contributed by atoms with Crippen LogP contribution in [0.15, 0.2) is 42.5 Å². The van der Waals surface area contributed by atoms with Gasteiger partial charge in [0.1, 0.15) is 5.60 Å². The molecule has 1 aromatic heterocycles. The zero-order valence-corrected chi connectivity index (χ0v) is 15.2. The van der Waals surface area contributed by atoms with Gasteiger partial charge in [0.05, 0.1) is 5.69 Å². The number of ether oxygens (including phenoxy) is 1. The first-order chi connectivity index (χ1) is 11.5. The maximum Gasteiger partial charge on any atom is 0.214 e. The molecule has 126 valence electrons. The third-order valence-electron chi connectivity index (χ3n) is 3.47. The molecule has 0 spiro atoms. The molecule has 0 amide bonds. The van der Waals surface area contributed by atoms with E-state index in [0.717, 1.165) is 23.2 Å². The van der Waals surface area contributed by atoms with Crippen molar-refractivity contribution in [2.24, 2.45) is 0 Å². The summed E-state index contributed by atoms with van der Waals surface area (Å²) < 4.78 is 5.88. The minimum Gasteiger partial charge on any atom is -0.472 e. The molecule has 0 saturated carbocycles. The largest absolute Gasteiger partial charge is 0.472 e. The van der Waals surface area contributed by atoms with Gasteiger partial charge in [0, 0.05) is 23.6 Å². The van der Waals surface area contributed by atoms with Crippen molar-refractivity contribution >= 4 is 0 Å². The lowest BCUT2D eigenvalue weighted by atomic mass is 10.0. The average molecular weight is 321 g/mol. The maximum atomic E-state index is 5.88. The van der Waals surface area contributed by atoms with Crippen LogP contribution in [-0.2, 0) is 0 Å². The first-order valence-corrected chi connectivity index (χ1v) is 8.74. The van der Waals surface area contributed by atoms with Crippen LogP contribution in [0.25, 0.3) is 11.3 Å². The highest BCUT2D eigenvalue weighted by atomic mass is 16.5. The van der Waals surface area contributed by atoms with Gasteiger partial charge in [0.25, 0.3) is 0 Å². The SMILES string of the molecule is CCCCCC#Cc1ccccc1-c1cccc(OC(C)(C)C)n1. The van der Waals surface area contributed by atoms with Gasteiger partial charge < -0.3 is 4.74 Å². The summed E-state index contributed by atoms with van der Waals surface area (Å²) >= 11 is 0. The smallest absolute Gasteiger partial charge is 0.214 e. The summed E-state index contributed by atoms with van der Waals surface area (Å²) in [5.74, 6) is 7.24. The van der Waals surface area contributed by atoms with Gasteiger partial charge in [-0.25, -0.2) is 4.98 Å². The number of nitrogens with zero attached hydrogens (tertiary/aromatic N) is 1. The predicted molar refractivity (Wildman–Crippen MR) is 101 cm³/mol. The lowest BCUT2D eigenvalue weighted by molar-refractivity contribution is 0.124. The van der Waals surface area contributed by atoms with Crippen LogP contribution in [0.1, 0.15) is 58.9 Å². The van der Waals surface area contributed by atoms with Gasteiger partial charge in [0.15, 0.2) is 0 Å². The van der Waals surface area contributed by atoms with Crippen LogP contribution in [-0.4, -0.2) is 10.6 Å². The molecule has 2 heteroatoms. The van der Waals surface area contributed by atoms with Crippen molar-refractivity contribution < 1.29 is 4.74 Å². The quantitative estimate of drug-likeness (QED) is 0.508. The standard InChI is InChI=1S/C22H27NO/c1-5-6-7-8-9-13-18-14-10-11-15-19(18)20-16-12-17-21(23-20)24-22(2,3)4/h10-12,14-17H,5-8H2,1-4H3. The highest BCUT2D eigenvalue weighted by molar-refractivity contribution is 5.68. The Kier molecular flexibility index (Phi) is 6.44. The van der Waals surface area contributed by atoms with Crippen LogP contribution < -0.4 is 4.74 Å². The van der Waals surface area contributed by atoms with E-state index in [9.17, 15) is 0 Å². The Hall–Kier alpha value is -2.27. The van der Waals surface area contributed by atoms with E-state index in [1.54, 1.807) is 0 Å². The van der Waals surface area contributed by atoms with Crippen molar-refractivity contribution in [2.45, 2.75) is 59.0 Å². The van der Waals surface area contributed by atoms with Gasteiger partial charge in [-0.1, -0.05) is 55.9 Å². The average Bonchev–Trinajstić information content (AvgIpc) is 2.54. The molecule has 0 aliphatic heterocycles. The molecule has 0 aliphatic carbocycles. The molecule has 1 heterocycles. The Bertz CT molecular complexity index is 716. The first-order valence-electron chi connectivity index (χ1n) is 8.74. The number of aromatic nitrogens is 1. The van der Waals surface area contributed by atoms with Gasteiger partial charge >= 0.3 is 0 Å². The Balaban J connectivity index is 2.24. The number of hydrogen-bond donors (Lipinski definition) is 0. The van der Waals surface area contributed by atoms with E-state index in [2.05, 4.69) is 35.9 Å². The van der Waals surface area contributed by atoms with Gasteiger partial charge in [-0.2, -0.15) is 0 Å². The van der Waals surface area contributed by atoms with Crippen molar-refractivity contribution in [1.29, 1.82) is 0 Å². The fraction of sp³-hybridized carbons (Fsp3) is 0.409. The molecule has 0 atom stereocenters. The molecule has 2 rings (SSSR count). The Morgan fingerprint density at radius 3 is 2.54 bits per heavy atom. The van der Waals surface area contributed by atoms with E-state index in [1.165, 1.54) is 19.3 Å². The molecule has 0 unspecified atom stereocenters. The van der Waals surface area contributed by atoms with Crippen LogP contribution in [0.5, 0.6) is 5.88 Å². The summed E-state index contributed by atoms with van der Waals surface area (Å²) in [7, 11) is 0. The lowest BCUT2D eigenvalue weighted by Crippen LogP contribution is -2.23. The number of benzene rings is 1. The Labute approximate surface area is 146 Å².